The molecule has 0 aliphatic heterocycles. The Hall–Kier alpha value is -1.22. The van der Waals surface area contributed by atoms with Gasteiger partial charge in [-0.3, -0.25) is 0 Å². The lowest BCUT2D eigenvalue weighted by Gasteiger charge is -2.19. The van der Waals surface area contributed by atoms with Crippen molar-refractivity contribution < 1.29 is 13.9 Å². The molecule has 1 aliphatic carbocycles. The third kappa shape index (κ3) is 2.91. The largest absolute Gasteiger partial charge is 0.384 e. The van der Waals surface area contributed by atoms with Crippen molar-refractivity contribution in [1.29, 1.82) is 0 Å². The Morgan fingerprint density at radius 2 is 1.65 bits per heavy atom. The molecule has 3 heteroatoms. The van der Waals surface area contributed by atoms with Gasteiger partial charge in [0.05, 0.1) is 0 Å². The maximum atomic E-state index is 12.4. The third-order valence-corrected chi connectivity index (χ3v) is 3.18. The Balaban J connectivity index is 2.13. The first-order valence-electron chi connectivity index (χ1n) is 5.93. The zero-order valence-electron chi connectivity index (χ0n) is 9.57. The van der Waals surface area contributed by atoms with Gasteiger partial charge in [-0.1, -0.05) is 30.3 Å². The van der Waals surface area contributed by atoms with Crippen LogP contribution in [0.15, 0.2) is 35.9 Å². The molecular weight excluding hydrogens is 222 g/mol. The fourth-order valence-electron chi connectivity index (χ4n) is 2.15. The van der Waals surface area contributed by atoms with Gasteiger partial charge < -0.3 is 5.11 Å². The van der Waals surface area contributed by atoms with Crippen molar-refractivity contribution in [3.8, 4) is 0 Å². The molecule has 0 bridgehead atoms. The summed E-state index contributed by atoms with van der Waals surface area (Å²) in [6.07, 6.45) is 3.14. The molecule has 0 saturated carbocycles. The highest BCUT2D eigenvalue weighted by Crippen LogP contribution is 2.30. The van der Waals surface area contributed by atoms with Crippen molar-refractivity contribution in [2.45, 2.75) is 38.2 Å². The summed E-state index contributed by atoms with van der Waals surface area (Å²) >= 11 is 0. The second-order valence-electron chi connectivity index (χ2n) is 4.39. The maximum absolute atomic E-state index is 12.4. The van der Waals surface area contributed by atoms with E-state index in [1.54, 1.807) is 12.1 Å². The molecule has 1 aromatic rings. The SMILES string of the molecule is OC(C1=CCCCC1)c1ccc(C(F)F)cc1. The van der Waals surface area contributed by atoms with Crippen LogP contribution in [0.25, 0.3) is 0 Å². The van der Waals surface area contributed by atoms with Crippen LogP contribution in [0.4, 0.5) is 8.78 Å². The van der Waals surface area contributed by atoms with E-state index in [0.29, 0.717) is 5.56 Å². The van der Waals surface area contributed by atoms with Gasteiger partial charge in [0, 0.05) is 5.56 Å². The van der Waals surface area contributed by atoms with Crippen molar-refractivity contribution in [1.82, 2.24) is 0 Å². The fourth-order valence-corrected chi connectivity index (χ4v) is 2.15. The summed E-state index contributed by atoms with van der Waals surface area (Å²) in [6.45, 7) is 0. The average Bonchev–Trinajstić information content (AvgIpc) is 2.39. The van der Waals surface area contributed by atoms with Crippen molar-refractivity contribution in [3.05, 3.63) is 47.0 Å². The second-order valence-corrected chi connectivity index (χ2v) is 4.39. The predicted molar refractivity (Wildman–Crippen MR) is 62.9 cm³/mol. The highest BCUT2D eigenvalue weighted by Gasteiger charge is 2.16. The molecule has 0 aromatic heterocycles. The van der Waals surface area contributed by atoms with Gasteiger partial charge in [0.25, 0.3) is 6.43 Å². The summed E-state index contributed by atoms with van der Waals surface area (Å²) in [4.78, 5) is 0. The molecule has 0 saturated heterocycles. The smallest absolute Gasteiger partial charge is 0.263 e. The molecule has 0 amide bonds. The van der Waals surface area contributed by atoms with E-state index in [1.807, 2.05) is 0 Å². The molecule has 1 aromatic carbocycles. The van der Waals surface area contributed by atoms with Crippen molar-refractivity contribution in [3.63, 3.8) is 0 Å². The van der Waals surface area contributed by atoms with Crippen LogP contribution in [0.3, 0.4) is 0 Å². The number of hydrogen-bond donors (Lipinski definition) is 1. The number of allylic oxidation sites excluding steroid dienone is 1. The van der Waals surface area contributed by atoms with E-state index in [4.69, 9.17) is 0 Å². The zero-order chi connectivity index (χ0) is 12.3. The summed E-state index contributed by atoms with van der Waals surface area (Å²) in [5.41, 5.74) is 1.71. The molecule has 1 N–H and O–H groups in total. The summed E-state index contributed by atoms with van der Waals surface area (Å²) in [5.74, 6) is 0. The lowest BCUT2D eigenvalue weighted by molar-refractivity contribution is 0.151. The van der Waals surface area contributed by atoms with Gasteiger partial charge >= 0.3 is 0 Å². The van der Waals surface area contributed by atoms with Crippen LogP contribution in [0.2, 0.25) is 0 Å². The molecule has 0 radical (unpaired) electrons. The van der Waals surface area contributed by atoms with Gasteiger partial charge in [-0.25, -0.2) is 8.78 Å². The van der Waals surface area contributed by atoms with E-state index < -0.39 is 12.5 Å². The first-order chi connectivity index (χ1) is 8.18. The molecule has 1 unspecified atom stereocenters. The Labute approximate surface area is 99.8 Å². The van der Waals surface area contributed by atoms with E-state index in [0.717, 1.165) is 24.8 Å². The highest BCUT2D eigenvalue weighted by atomic mass is 19.3. The molecule has 1 atom stereocenters. The van der Waals surface area contributed by atoms with E-state index in [-0.39, 0.29) is 5.56 Å². The molecular formula is C14H16F2O. The van der Waals surface area contributed by atoms with Gasteiger partial charge in [-0.2, -0.15) is 0 Å². The molecule has 2 rings (SSSR count). The second kappa shape index (κ2) is 5.41. The summed E-state index contributed by atoms with van der Waals surface area (Å²) in [5, 5.41) is 10.1. The monoisotopic (exact) mass is 238 g/mol. The maximum Gasteiger partial charge on any atom is 0.263 e. The highest BCUT2D eigenvalue weighted by molar-refractivity contribution is 5.30. The number of aliphatic hydroxyl groups is 1. The van der Waals surface area contributed by atoms with Crippen LogP contribution in [0.5, 0.6) is 0 Å². The van der Waals surface area contributed by atoms with Gasteiger partial charge in [0.15, 0.2) is 0 Å². The van der Waals surface area contributed by atoms with Crippen molar-refractivity contribution in [2.24, 2.45) is 0 Å². The topological polar surface area (TPSA) is 20.2 Å². The standard InChI is InChI=1S/C14H16F2O/c15-14(16)12-8-6-11(7-9-12)13(17)10-4-2-1-3-5-10/h4,6-9,13-14,17H,1-3,5H2. The number of aliphatic hydroxyl groups excluding tert-OH is 1. The lowest BCUT2D eigenvalue weighted by Crippen LogP contribution is -2.04. The first-order valence-corrected chi connectivity index (χ1v) is 5.93. The summed E-state index contributed by atoms with van der Waals surface area (Å²) in [6, 6.07) is 5.93. The first kappa shape index (κ1) is 12.2. The Bertz CT molecular complexity index is 395. The minimum atomic E-state index is -2.45. The van der Waals surface area contributed by atoms with E-state index in [1.165, 1.54) is 18.6 Å². The van der Waals surface area contributed by atoms with Gasteiger partial charge in [0.2, 0.25) is 0 Å². The Kier molecular flexibility index (Phi) is 3.89. The van der Waals surface area contributed by atoms with E-state index in [9.17, 15) is 13.9 Å². The number of alkyl halides is 2. The number of hydrogen-bond acceptors (Lipinski definition) is 1. The van der Waals surface area contributed by atoms with Crippen molar-refractivity contribution >= 4 is 0 Å². The summed E-state index contributed by atoms with van der Waals surface area (Å²) < 4.78 is 24.8. The van der Waals surface area contributed by atoms with Gasteiger partial charge in [-0.05, 0) is 36.8 Å². The van der Waals surface area contributed by atoms with E-state index >= 15 is 0 Å². The molecule has 0 fully saturated rings. The minimum Gasteiger partial charge on any atom is -0.384 e. The van der Waals surface area contributed by atoms with Gasteiger partial charge in [-0.15, -0.1) is 0 Å². The van der Waals surface area contributed by atoms with Crippen LogP contribution in [0, 0.1) is 0 Å². The third-order valence-electron chi connectivity index (χ3n) is 3.18. The number of benzene rings is 1. The van der Waals surface area contributed by atoms with E-state index in [2.05, 4.69) is 6.08 Å². The molecule has 17 heavy (non-hydrogen) atoms. The number of halogens is 2. The van der Waals surface area contributed by atoms with Crippen LogP contribution in [-0.4, -0.2) is 5.11 Å². The Morgan fingerprint density at radius 1 is 1.00 bits per heavy atom. The molecule has 92 valence electrons. The lowest BCUT2D eigenvalue weighted by atomic mass is 9.91. The average molecular weight is 238 g/mol. The normalized spacial score (nSPS) is 18.0. The van der Waals surface area contributed by atoms with Crippen LogP contribution in [0.1, 0.15) is 49.3 Å². The van der Waals surface area contributed by atoms with Gasteiger partial charge in [0.1, 0.15) is 6.10 Å². The molecule has 1 nitrogen and oxygen atoms in total. The molecule has 0 spiro atoms. The minimum absolute atomic E-state index is 0.00132. The fraction of sp³-hybridized carbons (Fsp3) is 0.429. The van der Waals surface area contributed by atoms with Crippen LogP contribution in [-0.2, 0) is 0 Å². The molecule has 0 heterocycles. The number of rotatable bonds is 3. The quantitative estimate of drug-likeness (QED) is 0.784. The summed E-state index contributed by atoms with van der Waals surface area (Å²) in [7, 11) is 0. The Morgan fingerprint density at radius 3 is 2.18 bits per heavy atom. The predicted octanol–water partition coefficient (Wildman–Crippen LogP) is 4.16. The molecule has 1 aliphatic rings. The van der Waals surface area contributed by atoms with Crippen LogP contribution < -0.4 is 0 Å². The zero-order valence-corrected chi connectivity index (χ0v) is 9.57. The van der Waals surface area contributed by atoms with Crippen LogP contribution >= 0.6 is 0 Å². The van der Waals surface area contributed by atoms with Crippen molar-refractivity contribution in [2.75, 3.05) is 0 Å².